The van der Waals surface area contributed by atoms with Gasteiger partial charge in [-0.25, -0.2) is 5.01 Å². The van der Waals surface area contributed by atoms with Crippen LogP contribution in [0, 0.1) is 0 Å². The van der Waals surface area contributed by atoms with Crippen molar-refractivity contribution in [2.75, 3.05) is 24.7 Å². The second-order valence-electron chi connectivity index (χ2n) is 8.64. The number of hydrogen-bond acceptors (Lipinski definition) is 7. The van der Waals surface area contributed by atoms with Gasteiger partial charge in [-0.1, -0.05) is 65.8 Å². The summed E-state index contributed by atoms with van der Waals surface area (Å²) in [5.74, 6) is -1.23. The fourth-order valence-electron chi connectivity index (χ4n) is 4.05. The lowest BCUT2D eigenvalue weighted by Gasteiger charge is -2.17. The van der Waals surface area contributed by atoms with Crippen LogP contribution in [-0.2, 0) is 24.3 Å². The van der Waals surface area contributed by atoms with Crippen molar-refractivity contribution in [1.82, 2.24) is 5.01 Å². The zero-order chi connectivity index (χ0) is 28.7. The number of carbonyl (C=O) groups excluding carboxylic acids is 2. The average Bonchev–Trinajstić information content (AvgIpc) is 3.38. The van der Waals surface area contributed by atoms with Gasteiger partial charge in [0.1, 0.15) is 6.42 Å². The molecule has 1 atom stereocenters. The molecular weight excluding hydrogens is 572 g/mol. The zero-order valence-electron chi connectivity index (χ0n) is 21.8. The number of esters is 1. The molecule has 1 aliphatic rings. The van der Waals surface area contributed by atoms with Crippen LogP contribution in [0.1, 0.15) is 30.4 Å². The second kappa shape index (κ2) is 13.1. The minimum Gasteiger partial charge on any atom is -0.466 e. The van der Waals surface area contributed by atoms with E-state index in [2.05, 4.69) is 9.71 Å². The predicted octanol–water partition coefficient (Wildman–Crippen LogP) is 5.14. The summed E-state index contributed by atoms with van der Waals surface area (Å²) < 4.78 is 34.9. The Hall–Kier alpha value is -3.67. The fraction of sp³-hybridized carbons (Fsp3) is 0.214. The van der Waals surface area contributed by atoms with Gasteiger partial charge in [-0.3, -0.25) is 9.59 Å². The molecule has 0 fully saturated rings. The number of hydrogen-bond donors (Lipinski definition) is 1. The number of amidine groups is 1. The monoisotopic (exact) mass is 598 g/mol. The maximum atomic E-state index is 13.0. The van der Waals surface area contributed by atoms with E-state index in [9.17, 15) is 18.0 Å². The molecular formula is C28H27ClN4O5S2. The van der Waals surface area contributed by atoms with Gasteiger partial charge in [-0.2, -0.15) is 13.5 Å². The molecule has 12 heteroatoms. The van der Waals surface area contributed by atoms with E-state index < -0.39 is 21.9 Å². The highest BCUT2D eigenvalue weighted by Crippen LogP contribution is 2.31. The number of nitrogens with zero attached hydrogens (tertiary/aromatic N) is 3. The Balaban J connectivity index is 1.62. The molecule has 208 valence electrons. The van der Waals surface area contributed by atoms with Gasteiger partial charge in [-0.05, 0) is 60.7 Å². The first-order valence-corrected chi connectivity index (χ1v) is 15.4. The molecule has 0 saturated carbocycles. The lowest BCUT2D eigenvalue weighted by Crippen LogP contribution is -2.24. The topological polar surface area (TPSA) is 118 Å². The van der Waals surface area contributed by atoms with E-state index in [1.807, 2.05) is 42.5 Å². The van der Waals surface area contributed by atoms with E-state index in [0.717, 1.165) is 16.8 Å². The highest BCUT2D eigenvalue weighted by molar-refractivity contribution is 8.13. The molecule has 0 aliphatic carbocycles. The molecule has 0 spiro atoms. The number of benzene rings is 3. The number of rotatable bonds is 8. The minimum atomic E-state index is -4.00. The first-order chi connectivity index (χ1) is 19.2. The number of carbonyl (C=O) groups is 2. The van der Waals surface area contributed by atoms with Crippen LogP contribution in [0.15, 0.2) is 93.3 Å². The van der Waals surface area contributed by atoms with Crippen molar-refractivity contribution >= 4 is 61.8 Å². The molecule has 1 aliphatic heterocycles. The molecule has 1 amide bonds. The summed E-state index contributed by atoms with van der Waals surface area (Å²) in [6.07, 6.45) is 1.37. The molecule has 3 aromatic carbocycles. The van der Waals surface area contributed by atoms with Gasteiger partial charge in [-0.15, -0.1) is 4.40 Å². The third-order valence-electron chi connectivity index (χ3n) is 5.90. The van der Waals surface area contributed by atoms with E-state index in [4.69, 9.17) is 21.4 Å². The Morgan fingerprint density at radius 1 is 1.07 bits per heavy atom. The molecule has 0 saturated heterocycles. The van der Waals surface area contributed by atoms with Gasteiger partial charge >= 0.3 is 5.97 Å². The van der Waals surface area contributed by atoms with Crippen LogP contribution in [0.2, 0.25) is 5.02 Å². The van der Waals surface area contributed by atoms with Crippen LogP contribution < -0.4 is 5.32 Å². The lowest BCUT2D eigenvalue weighted by molar-refractivity contribution is -0.145. The molecule has 3 aromatic rings. The van der Waals surface area contributed by atoms with Gasteiger partial charge in [0.05, 0.1) is 23.8 Å². The van der Waals surface area contributed by atoms with Crippen LogP contribution in [0.25, 0.3) is 0 Å². The molecule has 0 aromatic heterocycles. The number of nitrogens with one attached hydrogen (secondary N) is 1. The van der Waals surface area contributed by atoms with E-state index in [0.29, 0.717) is 17.3 Å². The summed E-state index contributed by atoms with van der Waals surface area (Å²) in [4.78, 5) is 23.8. The Kier molecular flexibility index (Phi) is 9.62. The maximum absolute atomic E-state index is 13.0. The first kappa shape index (κ1) is 29.3. The number of hydrazone groups is 1. The highest BCUT2D eigenvalue weighted by atomic mass is 35.5. The smallest absolute Gasteiger partial charge is 0.315 e. The Bertz CT molecular complexity index is 1530. The Morgan fingerprint density at radius 2 is 1.75 bits per heavy atom. The number of anilines is 1. The predicted molar refractivity (Wildman–Crippen MR) is 158 cm³/mol. The van der Waals surface area contributed by atoms with Crippen LogP contribution >= 0.6 is 23.4 Å². The van der Waals surface area contributed by atoms with E-state index in [1.54, 1.807) is 30.3 Å². The van der Waals surface area contributed by atoms with Crippen molar-refractivity contribution in [2.45, 2.75) is 24.2 Å². The third kappa shape index (κ3) is 7.29. The first-order valence-electron chi connectivity index (χ1n) is 12.3. The lowest BCUT2D eigenvalue weighted by atomic mass is 9.90. The molecule has 1 unspecified atom stereocenters. The largest absolute Gasteiger partial charge is 0.466 e. The standard InChI is InChI=1S/C28H27ClN4O5S2/c1-3-38-26(35)17-25(34)30-22-13-9-20(10-14-22)27-24(19-7-5-4-6-8-19)18-33(31-27)28(39-2)32-40(36,37)23-15-11-21(29)12-16-23/h4-16,24H,3,17-18H2,1-2H3,(H,30,34)/b32-28-. The summed E-state index contributed by atoms with van der Waals surface area (Å²) in [6.45, 7) is 2.27. The number of sulfonamides is 1. The SMILES string of the molecule is CCOC(=O)CC(=O)Nc1ccc(C2=NN(/C(=N/S(=O)(=O)c3ccc(Cl)cc3)SC)CC2c2ccccc2)cc1. The van der Waals surface area contributed by atoms with Crippen LogP contribution in [0.3, 0.4) is 0 Å². The van der Waals surface area contributed by atoms with Gasteiger partial charge in [0.15, 0.2) is 5.17 Å². The number of amides is 1. The van der Waals surface area contributed by atoms with Crippen LogP contribution in [0.4, 0.5) is 5.69 Å². The van der Waals surface area contributed by atoms with E-state index in [-0.39, 0.29) is 29.0 Å². The molecule has 1 N–H and O–H groups in total. The molecule has 40 heavy (non-hydrogen) atoms. The quantitative estimate of drug-likeness (QED) is 0.165. The highest BCUT2D eigenvalue weighted by Gasteiger charge is 2.32. The number of halogens is 1. The Labute approximate surface area is 242 Å². The van der Waals surface area contributed by atoms with Crippen molar-refractivity contribution in [1.29, 1.82) is 0 Å². The normalized spacial score (nSPS) is 15.5. The zero-order valence-corrected chi connectivity index (χ0v) is 24.2. The average molecular weight is 599 g/mol. The van der Waals surface area contributed by atoms with E-state index >= 15 is 0 Å². The summed E-state index contributed by atoms with van der Waals surface area (Å²) in [6, 6.07) is 22.7. The maximum Gasteiger partial charge on any atom is 0.315 e. The van der Waals surface area contributed by atoms with Gasteiger partial charge < -0.3 is 10.1 Å². The molecule has 9 nitrogen and oxygen atoms in total. The molecule has 0 radical (unpaired) electrons. The second-order valence-corrected chi connectivity index (χ2v) is 11.5. The van der Waals surface area contributed by atoms with Crippen molar-refractivity contribution in [3.63, 3.8) is 0 Å². The summed E-state index contributed by atoms with van der Waals surface area (Å²) >= 11 is 7.10. The van der Waals surface area contributed by atoms with Crippen molar-refractivity contribution in [3.8, 4) is 0 Å². The summed E-state index contributed by atoms with van der Waals surface area (Å²) in [5.41, 5.74) is 3.05. The van der Waals surface area contributed by atoms with Gasteiger partial charge in [0.2, 0.25) is 5.91 Å². The number of thioether (sulfide) groups is 1. The summed E-state index contributed by atoms with van der Waals surface area (Å²) in [5, 5.41) is 9.73. The minimum absolute atomic E-state index is 0.0343. The summed E-state index contributed by atoms with van der Waals surface area (Å²) in [7, 11) is -4.00. The van der Waals surface area contributed by atoms with Gasteiger partial charge in [0.25, 0.3) is 10.0 Å². The third-order valence-corrected chi connectivity index (χ3v) is 8.22. The molecule has 0 bridgehead atoms. The van der Waals surface area contributed by atoms with Crippen molar-refractivity contribution in [2.24, 2.45) is 9.50 Å². The van der Waals surface area contributed by atoms with E-state index in [1.165, 1.54) is 36.0 Å². The number of ether oxygens (including phenoxy) is 1. The van der Waals surface area contributed by atoms with Crippen LogP contribution in [-0.4, -0.2) is 55.6 Å². The molecule has 4 rings (SSSR count). The van der Waals surface area contributed by atoms with Crippen molar-refractivity contribution < 1.29 is 22.7 Å². The van der Waals surface area contributed by atoms with Crippen molar-refractivity contribution in [3.05, 3.63) is 95.0 Å². The Morgan fingerprint density at radius 3 is 2.38 bits per heavy atom. The van der Waals surface area contributed by atoms with Gasteiger partial charge in [0, 0.05) is 16.6 Å². The van der Waals surface area contributed by atoms with Crippen LogP contribution in [0.5, 0.6) is 0 Å². The fourth-order valence-corrected chi connectivity index (χ4v) is 5.98. The molecule has 1 heterocycles.